The van der Waals surface area contributed by atoms with E-state index in [0.29, 0.717) is 5.11 Å². The average Bonchev–Trinajstić information content (AvgIpc) is 2.15. The highest BCUT2D eigenvalue weighted by molar-refractivity contribution is 7.80. The molecule has 1 N–H and O–H groups in total. The number of nitrogens with one attached hydrogen (secondary N) is 1. The summed E-state index contributed by atoms with van der Waals surface area (Å²) in [5.74, 6) is 0.746. The van der Waals surface area contributed by atoms with Crippen molar-refractivity contribution in [1.82, 2.24) is 10.2 Å². The zero-order valence-corrected chi connectivity index (χ0v) is 11.9. The summed E-state index contributed by atoms with van der Waals surface area (Å²) in [6, 6.07) is 0. The van der Waals surface area contributed by atoms with Crippen LogP contribution >= 0.6 is 12.2 Å². The fourth-order valence-corrected chi connectivity index (χ4v) is 1.95. The summed E-state index contributed by atoms with van der Waals surface area (Å²) in [5.41, 5.74) is -0.490. The van der Waals surface area contributed by atoms with Crippen molar-refractivity contribution < 1.29 is 9.53 Å². The average molecular weight is 258 g/mol. The Bertz CT molecular complexity index is 291. The molecule has 5 heteroatoms. The molecule has 1 aliphatic rings. The van der Waals surface area contributed by atoms with Crippen molar-refractivity contribution in [1.29, 1.82) is 0 Å². The highest BCUT2D eigenvalue weighted by Gasteiger charge is 2.21. The lowest BCUT2D eigenvalue weighted by Crippen LogP contribution is -2.47. The van der Waals surface area contributed by atoms with Gasteiger partial charge in [-0.05, 0) is 51.7 Å². The van der Waals surface area contributed by atoms with E-state index >= 15 is 0 Å². The Morgan fingerprint density at radius 2 is 1.88 bits per heavy atom. The summed E-state index contributed by atoms with van der Waals surface area (Å²) in [4.78, 5) is 13.6. The van der Waals surface area contributed by atoms with Crippen LogP contribution in [-0.2, 0) is 4.74 Å². The fraction of sp³-hybridized carbons (Fsp3) is 0.833. The Labute approximate surface area is 109 Å². The highest BCUT2D eigenvalue weighted by Crippen LogP contribution is 2.16. The Hall–Kier alpha value is -0.840. The second-order valence-electron chi connectivity index (χ2n) is 5.60. The number of piperidine rings is 1. The van der Waals surface area contributed by atoms with Gasteiger partial charge >= 0.3 is 6.09 Å². The number of carbonyl (C=O) groups excluding carboxylic acids is 1. The Balaban J connectivity index is 2.36. The third kappa shape index (κ3) is 5.35. The van der Waals surface area contributed by atoms with Gasteiger partial charge in [-0.1, -0.05) is 6.92 Å². The number of thiocarbonyl (C=S) groups is 1. The minimum absolute atomic E-state index is 0.471. The van der Waals surface area contributed by atoms with E-state index in [1.807, 2.05) is 25.7 Å². The van der Waals surface area contributed by atoms with Crippen LogP contribution in [0.5, 0.6) is 0 Å². The van der Waals surface area contributed by atoms with Crippen LogP contribution in [0.3, 0.4) is 0 Å². The van der Waals surface area contributed by atoms with Gasteiger partial charge in [0.2, 0.25) is 0 Å². The molecule has 1 saturated heterocycles. The molecule has 0 bridgehead atoms. The first-order valence-electron chi connectivity index (χ1n) is 6.07. The number of ether oxygens (including phenoxy) is 1. The van der Waals surface area contributed by atoms with Gasteiger partial charge in [-0.15, -0.1) is 0 Å². The quantitative estimate of drug-likeness (QED) is 0.678. The number of nitrogens with zero attached hydrogens (tertiary/aromatic N) is 1. The molecule has 4 nitrogen and oxygen atoms in total. The van der Waals surface area contributed by atoms with E-state index in [4.69, 9.17) is 17.0 Å². The molecule has 1 fully saturated rings. The zero-order valence-electron chi connectivity index (χ0n) is 11.1. The first-order chi connectivity index (χ1) is 7.78. The van der Waals surface area contributed by atoms with Crippen LogP contribution < -0.4 is 5.32 Å². The number of likely N-dealkylation sites (tertiary alicyclic amines) is 1. The van der Waals surface area contributed by atoms with Crippen molar-refractivity contribution in [3.63, 3.8) is 0 Å². The van der Waals surface area contributed by atoms with Crippen molar-refractivity contribution in [2.24, 2.45) is 5.92 Å². The van der Waals surface area contributed by atoms with E-state index in [0.717, 1.165) is 31.8 Å². The molecule has 0 atom stereocenters. The van der Waals surface area contributed by atoms with E-state index in [1.54, 1.807) is 0 Å². The molecule has 98 valence electrons. The molecule has 1 aliphatic heterocycles. The van der Waals surface area contributed by atoms with Gasteiger partial charge in [-0.2, -0.15) is 0 Å². The molecule has 1 heterocycles. The largest absolute Gasteiger partial charge is 0.444 e. The minimum Gasteiger partial charge on any atom is -0.444 e. The fourth-order valence-electron chi connectivity index (χ4n) is 1.68. The van der Waals surface area contributed by atoms with E-state index < -0.39 is 11.7 Å². The van der Waals surface area contributed by atoms with Gasteiger partial charge in [0.05, 0.1) is 0 Å². The maximum atomic E-state index is 11.5. The van der Waals surface area contributed by atoms with Crippen LogP contribution in [0.1, 0.15) is 40.5 Å². The summed E-state index contributed by atoms with van der Waals surface area (Å²) in [6.45, 7) is 9.56. The van der Waals surface area contributed by atoms with Crippen molar-refractivity contribution in [2.45, 2.75) is 46.1 Å². The second kappa shape index (κ2) is 5.67. The molecule has 0 aromatic heterocycles. The molecule has 0 saturated carbocycles. The Morgan fingerprint density at radius 1 is 1.35 bits per heavy atom. The summed E-state index contributed by atoms with van der Waals surface area (Å²) in [6.07, 6.45) is 1.77. The Kier molecular flexibility index (Phi) is 4.74. The molecule has 0 aliphatic carbocycles. The van der Waals surface area contributed by atoms with E-state index in [9.17, 15) is 4.79 Å². The summed E-state index contributed by atoms with van der Waals surface area (Å²) >= 11 is 5.19. The van der Waals surface area contributed by atoms with Crippen molar-refractivity contribution in [3.05, 3.63) is 0 Å². The molecule has 0 aromatic rings. The van der Waals surface area contributed by atoms with Crippen LogP contribution in [0.4, 0.5) is 4.79 Å². The van der Waals surface area contributed by atoms with Crippen LogP contribution in [0.25, 0.3) is 0 Å². The third-order valence-electron chi connectivity index (χ3n) is 2.68. The molecule has 0 radical (unpaired) electrons. The van der Waals surface area contributed by atoms with Crippen LogP contribution in [0.15, 0.2) is 0 Å². The first kappa shape index (κ1) is 14.2. The van der Waals surface area contributed by atoms with Gasteiger partial charge in [0, 0.05) is 13.1 Å². The van der Waals surface area contributed by atoms with Gasteiger partial charge < -0.3 is 9.64 Å². The van der Waals surface area contributed by atoms with Crippen molar-refractivity contribution >= 4 is 23.4 Å². The minimum atomic E-state index is -0.490. The number of carbonyl (C=O) groups is 1. The monoisotopic (exact) mass is 258 g/mol. The van der Waals surface area contributed by atoms with Gasteiger partial charge in [-0.3, -0.25) is 5.32 Å². The van der Waals surface area contributed by atoms with Gasteiger partial charge in [0.25, 0.3) is 0 Å². The number of amides is 1. The predicted octanol–water partition coefficient (Wildman–Crippen LogP) is 2.53. The number of rotatable bonds is 0. The third-order valence-corrected chi connectivity index (χ3v) is 3.04. The van der Waals surface area contributed by atoms with E-state index in [-0.39, 0.29) is 0 Å². The Morgan fingerprint density at radius 3 is 2.35 bits per heavy atom. The van der Waals surface area contributed by atoms with Crippen molar-refractivity contribution in [2.75, 3.05) is 13.1 Å². The SMILES string of the molecule is CC1CCN(C(=S)NC(=O)OC(C)(C)C)CC1. The standard InChI is InChI=1S/C12H22N2O2S/c1-9-5-7-14(8-6-9)10(17)13-11(15)16-12(2,3)4/h9H,5-8H2,1-4H3,(H,13,15,17). The molecular weight excluding hydrogens is 236 g/mol. The number of hydrogen-bond acceptors (Lipinski definition) is 3. The lowest BCUT2D eigenvalue weighted by Gasteiger charge is -2.32. The molecule has 17 heavy (non-hydrogen) atoms. The van der Waals surface area contributed by atoms with E-state index in [2.05, 4.69) is 12.2 Å². The van der Waals surface area contributed by atoms with Gasteiger partial charge in [-0.25, -0.2) is 4.79 Å². The van der Waals surface area contributed by atoms with E-state index in [1.165, 1.54) is 0 Å². The smallest absolute Gasteiger partial charge is 0.413 e. The topological polar surface area (TPSA) is 41.6 Å². The van der Waals surface area contributed by atoms with Crippen LogP contribution in [0.2, 0.25) is 0 Å². The second-order valence-corrected chi connectivity index (χ2v) is 5.99. The lowest BCUT2D eigenvalue weighted by atomic mass is 10.00. The first-order valence-corrected chi connectivity index (χ1v) is 6.47. The molecular formula is C12H22N2O2S. The maximum Gasteiger partial charge on any atom is 0.413 e. The van der Waals surface area contributed by atoms with Crippen molar-refractivity contribution in [3.8, 4) is 0 Å². The van der Waals surface area contributed by atoms with Gasteiger partial charge in [0.15, 0.2) is 5.11 Å². The molecule has 0 unspecified atom stereocenters. The zero-order chi connectivity index (χ0) is 13.1. The maximum absolute atomic E-state index is 11.5. The number of hydrogen-bond donors (Lipinski definition) is 1. The summed E-state index contributed by atoms with van der Waals surface area (Å²) in [5, 5.41) is 3.10. The molecule has 0 spiro atoms. The number of alkyl carbamates (subject to hydrolysis) is 1. The molecule has 0 aromatic carbocycles. The highest BCUT2D eigenvalue weighted by atomic mass is 32.1. The molecule has 1 rings (SSSR count). The van der Waals surface area contributed by atoms with Crippen LogP contribution in [-0.4, -0.2) is 34.8 Å². The van der Waals surface area contributed by atoms with Crippen LogP contribution in [0, 0.1) is 5.92 Å². The normalized spacial score (nSPS) is 17.8. The predicted molar refractivity (Wildman–Crippen MR) is 71.9 cm³/mol. The summed E-state index contributed by atoms with van der Waals surface area (Å²) < 4.78 is 5.16. The van der Waals surface area contributed by atoms with Gasteiger partial charge in [0.1, 0.15) is 5.60 Å². The lowest BCUT2D eigenvalue weighted by molar-refractivity contribution is 0.0556. The summed E-state index contributed by atoms with van der Waals surface area (Å²) in [7, 11) is 0. The molecule has 1 amide bonds.